The van der Waals surface area contributed by atoms with Crippen LogP contribution in [0.5, 0.6) is 0 Å². The molecule has 1 aliphatic rings. The van der Waals surface area contributed by atoms with Crippen LogP contribution >= 0.6 is 12.4 Å². The summed E-state index contributed by atoms with van der Waals surface area (Å²) in [7, 11) is 0. The summed E-state index contributed by atoms with van der Waals surface area (Å²) in [6.45, 7) is 3.70. The zero-order valence-corrected chi connectivity index (χ0v) is 13.6. The average Bonchev–Trinajstić information content (AvgIpc) is 2.83. The molecule has 1 aliphatic carbocycles. The number of halogens is 1. The van der Waals surface area contributed by atoms with Crippen LogP contribution < -0.4 is 11.1 Å². The summed E-state index contributed by atoms with van der Waals surface area (Å²) in [5.41, 5.74) is 11.8. The highest BCUT2D eigenvalue weighted by Crippen LogP contribution is 2.37. The number of fused-ring (bicyclic) bond motifs is 3. The van der Waals surface area contributed by atoms with Gasteiger partial charge in [-0.1, -0.05) is 37.3 Å². The van der Waals surface area contributed by atoms with Gasteiger partial charge >= 0.3 is 0 Å². The first kappa shape index (κ1) is 16.5. The molecule has 3 nitrogen and oxygen atoms in total. The van der Waals surface area contributed by atoms with Crippen LogP contribution in [0.1, 0.15) is 25.0 Å². The summed E-state index contributed by atoms with van der Waals surface area (Å²) >= 11 is 0. The van der Waals surface area contributed by atoms with Gasteiger partial charge in [-0.15, -0.1) is 12.4 Å². The van der Waals surface area contributed by atoms with Gasteiger partial charge in [0.2, 0.25) is 5.91 Å². The maximum atomic E-state index is 12.1. The molecule has 0 heterocycles. The van der Waals surface area contributed by atoms with Gasteiger partial charge in [-0.25, -0.2) is 0 Å². The summed E-state index contributed by atoms with van der Waals surface area (Å²) in [6.07, 6.45) is 0.929. The summed E-state index contributed by atoms with van der Waals surface area (Å²) < 4.78 is 0. The lowest BCUT2D eigenvalue weighted by Crippen LogP contribution is -2.34. The van der Waals surface area contributed by atoms with Gasteiger partial charge in [0.1, 0.15) is 0 Å². The molecule has 2 atom stereocenters. The SMILES string of the molecule is CC(N)C(C)C(=O)Nc1ccc2c(c1)Cc1ccccc1-2.Cl. The van der Waals surface area contributed by atoms with E-state index >= 15 is 0 Å². The van der Waals surface area contributed by atoms with E-state index in [2.05, 4.69) is 41.7 Å². The first-order valence-corrected chi connectivity index (χ1v) is 7.34. The Morgan fingerprint density at radius 1 is 1.09 bits per heavy atom. The lowest BCUT2D eigenvalue weighted by molar-refractivity contribution is -0.119. The van der Waals surface area contributed by atoms with E-state index < -0.39 is 0 Å². The number of anilines is 1. The predicted molar refractivity (Wildman–Crippen MR) is 93.4 cm³/mol. The Kier molecular flexibility index (Phi) is 4.89. The van der Waals surface area contributed by atoms with Gasteiger partial charge in [-0.2, -0.15) is 0 Å². The average molecular weight is 317 g/mol. The summed E-state index contributed by atoms with van der Waals surface area (Å²) in [5.74, 6) is -0.226. The fraction of sp³-hybridized carbons (Fsp3) is 0.278. The number of benzene rings is 2. The number of nitrogens with two attached hydrogens (primary N) is 1. The summed E-state index contributed by atoms with van der Waals surface area (Å²) in [6, 6.07) is 14.4. The zero-order valence-electron chi connectivity index (χ0n) is 12.8. The predicted octanol–water partition coefficient (Wildman–Crippen LogP) is 3.60. The van der Waals surface area contributed by atoms with Gasteiger partial charge in [0.25, 0.3) is 0 Å². The number of hydrogen-bond donors (Lipinski definition) is 2. The van der Waals surface area contributed by atoms with Crippen molar-refractivity contribution in [1.29, 1.82) is 0 Å². The van der Waals surface area contributed by atoms with E-state index in [1.807, 2.05) is 19.9 Å². The normalized spacial score (nSPS) is 14.3. The molecule has 3 N–H and O–H groups in total. The lowest BCUT2D eigenvalue weighted by Gasteiger charge is -2.15. The van der Waals surface area contributed by atoms with Gasteiger partial charge in [-0.05, 0) is 47.7 Å². The second kappa shape index (κ2) is 6.51. The quantitative estimate of drug-likeness (QED) is 0.775. The monoisotopic (exact) mass is 316 g/mol. The molecule has 2 unspecified atom stereocenters. The third-order valence-electron chi connectivity index (χ3n) is 4.26. The van der Waals surface area contributed by atoms with Crippen LogP contribution in [0.4, 0.5) is 5.69 Å². The Labute approximate surface area is 137 Å². The highest BCUT2D eigenvalue weighted by Gasteiger charge is 2.20. The van der Waals surface area contributed by atoms with Crippen LogP contribution in [0.25, 0.3) is 11.1 Å². The molecule has 0 bridgehead atoms. The van der Waals surface area contributed by atoms with Crippen LogP contribution in [0.2, 0.25) is 0 Å². The second-order valence-corrected chi connectivity index (χ2v) is 5.84. The van der Waals surface area contributed by atoms with E-state index in [1.165, 1.54) is 22.3 Å². The molecule has 116 valence electrons. The van der Waals surface area contributed by atoms with Gasteiger partial charge < -0.3 is 11.1 Å². The van der Waals surface area contributed by atoms with Crippen molar-refractivity contribution >= 4 is 24.0 Å². The highest BCUT2D eigenvalue weighted by molar-refractivity contribution is 5.93. The van der Waals surface area contributed by atoms with Gasteiger partial charge in [0.15, 0.2) is 0 Å². The molecule has 22 heavy (non-hydrogen) atoms. The molecule has 0 aliphatic heterocycles. The Hall–Kier alpha value is -1.84. The number of nitrogens with one attached hydrogen (secondary N) is 1. The van der Waals surface area contributed by atoms with Crippen molar-refractivity contribution in [2.24, 2.45) is 11.7 Å². The van der Waals surface area contributed by atoms with Crippen LogP contribution in [-0.2, 0) is 11.2 Å². The Morgan fingerprint density at radius 3 is 2.50 bits per heavy atom. The zero-order chi connectivity index (χ0) is 15.0. The largest absolute Gasteiger partial charge is 0.327 e. The number of hydrogen-bond acceptors (Lipinski definition) is 2. The molecular weight excluding hydrogens is 296 g/mol. The third-order valence-corrected chi connectivity index (χ3v) is 4.26. The fourth-order valence-electron chi connectivity index (χ4n) is 2.72. The minimum Gasteiger partial charge on any atom is -0.327 e. The van der Waals surface area contributed by atoms with Crippen molar-refractivity contribution < 1.29 is 4.79 Å². The first-order valence-electron chi connectivity index (χ1n) is 7.34. The maximum absolute atomic E-state index is 12.1. The van der Waals surface area contributed by atoms with E-state index in [0.717, 1.165) is 12.1 Å². The third kappa shape index (κ3) is 3.01. The molecule has 2 aromatic carbocycles. The fourth-order valence-corrected chi connectivity index (χ4v) is 2.72. The molecule has 3 rings (SSSR count). The Balaban J connectivity index is 0.00000176. The van der Waals surface area contributed by atoms with Crippen LogP contribution in [-0.4, -0.2) is 11.9 Å². The van der Waals surface area contributed by atoms with Crippen LogP contribution in [0.15, 0.2) is 42.5 Å². The standard InChI is InChI=1S/C18H20N2O.ClH/c1-11(12(2)19)18(21)20-15-7-8-17-14(10-15)9-13-5-3-4-6-16(13)17;/h3-8,10-12H,9,19H2,1-2H3,(H,20,21);1H. The van der Waals surface area contributed by atoms with Gasteiger partial charge in [0, 0.05) is 11.7 Å². The van der Waals surface area contributed by atoms with Gasteiger partial charge in [-0.3, -0.25) is 4.79 Å². The lowest BCUT2D eigenvalue weighted by atomic mass is 10.0. The number of amides is 1. The molecule has 0 saturated heterocycles. The Bertz CT molecular complexity index is 697. The molecule has 0 aromatic heterocycles. The molecule has 0 spiro atoms. The minimum atomic E-state index is -0.199. The smallest absolute Gasteiger partial charge is 0.228 e. The van der Waals surface area contributed by atoms with Crippen molar-refractivity contribution in [1.82, 2.24) is 0 Å². The van der Waals surface area contributed by atoms with E-state index in [0.29, 0.717) is 0 Å². The maximum Gasteiger partial charge on any atom is 0.228 e. The van der Waals surface area contributed by atoms with Crippen LogP contribution in [0.3, 0.4) is 0 Å². The van der Waals surface area contributed by atoms with Crippen molar-refractivity contribution in [3.63, 3.8) is 0 Å². The summed E-state index contributed by atoms with van der Waals surface area (Å²) in [4.78, 5) is 12.1. The van der Waals surface area contributed by atoms with Crippen molar-refractivity contribution in [2.75, 3.05) is 5.32 Å². The van der Waals surface area contributed by atoms with E-state index in [4.69, 9.17) is 5.73 Å². The highest BCUT2D eigenvalue weighted by atomic mass is 35.5. The molecule has 2 aromatic rings. The summed E-state index contributed by atoms with van der Waals surface area (Å²) in [5, 5.41) is 2.96. The molecule has 0 radical (unpaired) electrons. The Morgan fingerprint density at radius 2 is 1.77 bits per heavy atom. The van der Waals surface area contributed by atoms with E-state index in [1.54, 1.807) is 0 Å². The topological polar surface area (TPSA) is 55.1 Å². The second-order valence-electron chi connectivity index (χ2n) is 5.84. The number of carbonyl (C=O) groups is 1. The van der Waals surface area contributed by atoms with Crippen LogP contribution in [0, 0.1) is 5.92 Å². The van der Waals surface area contributed by atoms with Crippen molar-refractivity contribution in [2.45, 2.75) is 26.3 Å². The van der Waals surface area contributed by atoms with E-state index in [-0.39, 0.29) is 30.3 Å². The molecule has 0 fully saturated rings. The molecule has 1 amide bonds. The molecule has 4 heteroatoms. The van der Waals surface area contributed by atoms with Gasteiger partial charge in [0.05, 0.1) is 5.92 Å². The molecule has 0 saturated carbocycles. The number of carbonyl (C=O) groups excluding carboxylic acids is 1. The van der Waals surface area contributed by atoms with Crippen molar-refractivity contribution in [3.8, 4) is 11.1 Å². The minimum absolute atomic E-state index is 0. The van der Waals surface area contributed by atoms with E-state index in [9.17, 15) is 4.79 Å². The molecular formula is C18H21ClN2O. The van der Waals surface area contributed by atoms with Crippen molar-refractivity contribution in [3.05, 3.63) is 53.6 Å². The first-order chi connectivity index (χ1) is 10.1. The number of rotatable bonds is 3.